The predicted octanol–water partition coefficient (Wildman–Crippen LogP) is 3.83. The maximum Gasteiger partial charge on any atom is 0.437 e. The lowest BCUT2D eigenvalue weighted by Crippen LogP contribution is -2.13. The van der Waals surface area contributed by atoms with Crippen molar-refractivity contribution in [3.63, 3.8) is 0 Å². The van der Waals surface area contributed by atoms with Gasteiger partial charge >= 0.3 is 6.18 Å². The van der Waals surface area contributed by atoms with Crippen LogP contribution in [0.15, 0.2) is 61.1 Å². The lowest BCUT2D eigenvalue weighted by molar-refractivity contribution is -0.140. The Balaban J connectivity index is 1.74. The summed E-state index contributed by atoms with van der Waals surface area (Å²) in [6, 6.07) is 12.9. The number of halogens is 3. The first-order valence-electron chi connectivity index (χ1n) is 8.42. The molecule has 0 saturated heterocycles. The molecule has 1 aromatic carbocycles. The summed E-state index contributed by atoms with van der Waals surface area (Å²) in [6.45, 7) is 0.264. The predicted molar refractivity (Wildman–Crippen MR) is 94.7 cm³/mol. The highest BCUT2D eigenvalue weighted by Crippen LogP contribution is 2.33. The van der Waals surface area contributed by atoms with E-state index in [2.05, 4.69) is 20.2 Å². The van der Waals surface area contributed by atoms with Crippen molar-refractivity contribution in [2.24, 2.45) is 0 Å². The van der Waals surface area contributed by atoms with Crippen molar-refractivity contribution in [2.75, 3.05) is 6.61 Å². The summed E-state index contributed by atoms with van der Waals surface area (Å²) in [6.07, 6.45) is 0.0354. The van der Waals surface area contributed by atoms with Gasteiger partial charge in [-0.15, -0.1) is 10.2 Å². The minimum absolute atomic E-state index is 0.135. The second-order valence-corrected chi connectivity index (χ2v) is 5.95. The minimum Gasteiger partial charge on any atom is -0.477 e. The summed E-state index contributed by atoms with van der Waals surface area (Å²) in [7, 11) is 0. The third-order valence-corrected chi connectivity index (χ3v) is 4.09. The monoisotopic (exact) mass is 385 g/mol. The molecule has 0 aliphatic carbocycles. The summed E-state index contributed by atoms with van der Waals surface area (Å²) in [5.41, 5.74) is 0.0960. The minimum atomic E-state index is -4.66. The van der Waals surface area contributed by atoms with Gasteiger partial charge < -0.3 is 4.74 Å². The third-order valence-electron chi connectivity index (χ3n) is 4.09. The van der Waals surface area contributed by atoms with Crippen LogP contribution in [0.5, 0.6) is 5.88 Å². The molecule has 0 saturated carbocycles. The summed E-state index contributed by atoms with van der Waals surface area (Å²) >= 11 is 0. The fourth-order valence-corrected chi connectivity index (χ4v) is 2.79. The quantitative estimate of drug-likeness (QED) is 0.523. The molecule has 0 aliphatic rings. The van der Waals surface area contributed by atoms with Gasteiger partial charge in [0.05, 0.1) is 12.8 Å². The Bertz CT molecular complexity index is 1080. The van der Waals surface area contributed by atoms with E-state index in [1.54, 1.807) is 12.1 Å². The van der Waals surface area contributed by atoms with Crippen molar-refractivity contribution in [2.45, 2.75) is 12.6 Å². The number of nitrogens with zero attached hydrogens (tertiary/aromatic N) is 5. The number of aromatic nitrogens is 5. The first-order valence-corrected chi connectivity index (χ1v) is 8.42. The Hall–Kier alpha value is -3.49. The molecule has 3 heterocycles. The summed E-state index contributed by atoms with van der Waals surface area (Å²) in [4.78, 5) is 7.44. The van der Waals surface area contributed by atoms with Crippen molar-refractivity contribution < 1.29 is 17.9 Å². The molecule has 3 aromatic heterocycles. The van der Waals surface area contributed by atoms with E-state index in [1.807, 2.05) is 30.3 Å². The molecule has 0 atom stereocenters. The lowest BCUT2D eigenvalue weighted by atomic mass is 10.2. The number of alkyl halides is 3. The molecular weight excluding hydrogens is 371 g/mol. The Morgan fingerprint density at radius 1 is 0.964 bits per heavy atom. The van der Waals surface area contributed by atoms with Gasteiger partial charge in [-0.3, -0.25) is 4.98 Å². The fourth-order valence-electron chi connectivity index (χ4n) is 2.79. The molecule has 0 unspecified atom stereocenters. The van der Waals surface area contributed by atoms with E-state index in [0.717, 1.165) is 11.8 Å². The van der Waals surface area contributed by atoms with E-state index in [9.17, 15) is 13.2 Å². The van der Waals surface area contributed by atoms with E-state index in [4.69, 9.17) is 4.74 Å². The molecule has 0 fully saturated rings. The van der Waals surface area contributed by atoms with Crippen LogP contribution < -0.4 is 4.74 Å². The molecule has 0 aliphatic heterocycles. The number of rotatable bonds is 5. The van der Waals surface area contributed by atoms with Crippen molar-refractivity contribution in [1.82, 2.24) is 24.6 Å². The lowest BCUT2D eigenvalue weighted by Gasteiger charge is -2.12. The zero-order chi connectivity index (χ0) is 19.6. The first-order chi connectivity index (χ1) is 13.5. The van der Waals surface area contributed by atoms with Gasteiger partial charge in [0.15, 0.2) is 17.2 Å². The first kappa shape index (κ1) is 17.9. The highest BCUT2D eigenvalue weighted by atomic mass is 19.4. The Morgan fingerprint density at radius 2 is 1.71 bits per heavy atom. The van der Waals surface area contributed by atoms with E-state index in [0.29, 0.717) is 12.0 Å². The molecule has 0 radical (unpaired) electrons. The van der Waals surface area contributed by atoms with Crippen molar-refractivity contribution in [3.05, 3.63) is 72.3 Å². The largest absolute Gasteiger partial charge is 0.477 e. The number of ether oxygens (including phenoxy) is 1. The zero-order valence-electron chi connectivity index (χ0n) is 14.5. The summed E-state index contributed by atoms with van der Waals surface area (Å²) < 4.78 is 47.0. The van der Waals surface area contributed by atoms with Crippen molar-refractivity contribution in [3.8, 4) is 17.3 Å². The van der Waals surface area contributed by atoms with Crippen LogP contribution in [0, 0.1) is 0 Å². The highest BCUT2D eigenvalue weighted by Gasteiger charge is 2.37. The second-order valence-electron chi connectivity index (χ2n) is 5.95. The van der Waals surface area contributed by atoms with Gasteiger partial charge in [0.2, 0.25) is 5.88 Å². The molecule has 0 spiro atoms. The second kappa shape index (κ2) is 7.26. The standard InChI is InChI=1S/C19H14F3N5O/c20-19(21,22)16-18-26-25-17(14-6-9-23-10-7-14)27(18)15(12-24-16)28-11-8-13-4-2-1-3-5-13/h1-7,9-10,12H,8,11H2. The third kappa shape index (κ3) is 3.51. The van der Waals surface area contributed by atoms with Crippen LogP contribution in [0.4, 0.5) is 13.2 Å². The topological polar surface area (TPSA) is 65.2 Å². The molecular formula is C19H14F3N5O. The van der Waals surface area contributed by atoms with Crippen LogP contribution >= 0.6 is 0 Å². The molecule has 4 aromatic rings. The number of fused-ring (bicyclic) bond motifs is 1. The maximum absolute atomic E-state index is 13.3. The normalized spacial score (nSPS) is 11.7. The van der Waals surface area contributed by atoms with Crippen LogP contribution in [-0.2, 0) is 12.6 Å². The number of hydrogen-bond acceptors (Lipinski definition) is 5. The van der Waals surface area contributed by atoms with Gasteiger partial charge in [-0.25, -0.2) is 9.38 Å². The van der Waals surface area contributed by atoms with E-state index >= 15 is 0 Å². The van der Waals surface area contributed by atoms with Gasteiger partial charge in [-0.1, -0.05) is 30.3 Å². The number of hydrogen-bond donors (Lipinski definition) is 0. The van der Waals surface area contributed by atoms with Gasteiger partial charge in [0.25, 0.3) is 0 Å². The average Bonchev–Trinajstić information content (AvgIpc) is 3.14. The molecule has 28 heavy (non-hydrogen) atoms. The van der Waals surface area contributed by atoms with E-state index < -0.39 is 17.5 Å². The number of pyridine rings is 1. The van der Waals surface area contributed by atoms with Gasteiger partial charge in [0.1, 0.15) is 0 Å². The molecule has 9 heteroatoms. The van der Waals surface area contributed by atoms with Crippen LogP contribution in [0.1, 0.15) is 11.3 Å². The maximum atomic E-state index is 13.3. The zero-order valence-corrected chi connectivity index (χ0v) is 14.5. The van der Waals surface area contributed by atoms with Crippen LogP contribution in [0.2, 0.25) is 0 Å². The molecule has 0 amide bonds. The van der Waals surface area contributed by atoms with Gasteiger partial charge in [-0.2, -0.15) is 13.2 Å². The molecule has 4 rings (SSSR count). The fraction of sp³-hybridized carbons (Fsp3) is 0.158. The van der Waals surface area contributed by atoms with Crippen LogP contribution in [0.25, 0.3) is 17.0 Å². The molecule has 142 valence electrons. The Labute approximate surface area is 157 Å². The van der Waals surface area contributed by atoms with Crippen LogP contribution in [-0.4, -0.2) is 31.2 Å². The molecule has 6 nitrogen and oxygen atoms in total. The molecule has 0 N–H and O–H groups in total. The number of benzene rings is 1. The van der Waals surface area contributed by atoms with Crippen molar-refractivity contribution in [1.29, 1.82) is 0 Å². The van der Waals surface area contributed by atoms with Gasteiger partial charge in [0, 0.05) is 24.4 Å². The van der Waals surface area contributed by atoms with Gasteiger partial charge in [-0.05, 0) is 17.7 Å². The van der Waals surface area contributed by atoms with E-state index in [1.165, 1.54) is 16.8 Å². The SMILES string of the molecule is FC(F)(F)c1ncc(OCCc2ccccc2)n2c(-c3ccncc3)nnc12. The average molecular weight is 385 g/mol. The highest BCUT2D eigenvalue weighted by molar-refractivity contribution is 5.61. The summed E-state index contributed by atoms with van der Waals surface area (Å²) in [5.74, 6) is 0.357. The van der Waals surface area contributed by atoms with Crippen molar-refractivity contribution >= 4 is 5.65 Å². The smallest absolute Gasteiger partial charge is 0.437 e. The Kier molecular flexibility index (Phi) is 4.64. The molecule has 0 bridgehead atoms. The summed E-state index contributed by atoms with van der Waals surface area (Å²) in [5, 5.41) is 7.65. The Morgan fingerprint density at radius 3 is 2.43 bits per heavy atom. The van der Waals surface area contributed by atoms with E-state index in [-0.39, 0.29) is 18.3 Å². The van der Waals surface area contributed by atoms with Crippen LogP contribution in [0.3, 0.4) is 0 Å².